The first-order valence-electron chi connectivity index (χ1n) is 8.76. The average Bonchev–Trinajstić information content (AvgIpc) is 2.67. The Labute approximate surface area is 178 Å². The average molecular weight is 452 g/mol. The normalized spacial score (nSPS) is 12.1. The summed E-state index contributed by atoms with van der Waals surface area (Å²) in [5, 5.41) is 18.5. The van der Waals surface area contributed by atoms with Crippen LogP contribution in [-0.4, -0.2) is 36.6 Å². The number of hydrogen-bond acceptors (Lipinski definition) is 6. The smallest absolute Gasteiger partial charge is 0.303 e. The van der Waals surface area contributed by atoms with E-state index in [1.54, 1.807) is 31.2 Å². The number of amides is 2. The Kier molecular flexibility index (Phi) is 7.98. The number of carbonyl (C=O) groups excluding carboxylic acids is 2. The Morgan fingerprint density at radius 1 is 0.967 bits per heavy atom. The van der Waals surface area contributed by atoms with Crippen molar-refractivity contribution in [2.24, 2.45) is 5.14 Å². The van der Waals surface area contributed by atoms with Gasteiger partial charge >= 0.3 is 5.97 Å². The molecule has 30 heavy (non-hydrogen) atoms. The first-order valence-corrected chi connectivity index (χ1v) is 11.2. The molecule has 9 nitrogen and oxygen atoms in total. The molecule has 0 heterocycles. The van der Waals surface area contributed by atoms with Gasteiger partial charge in [-0.05, 0) is 55.5 Å². The summed E-state index contributed by atoms with van der Waals surface area (Å²) < 4.78 is 22.5. The van der Waals surface area contributed by atoms with Gasteiger partial charge in [-0.25, -0.2) is 13.6 Å². The van der Waals surface area contributed by atoms with E-state index < -0.39 is 21.2 Å². The minimum Gasteiger partial charge on any atom is -0.481 e. The summed E-state index contributed by atoms with van der Waals surface area (Å²) in [5.74, 6) is -1.70. The first-order chi connectivity index (χ1) is 14.0. The van der Waals surface area contributed by atoms with E-state index in [0.29, 0.717) is 11.4 Å². The Balaban J connectivity index is 1.89. The van der Waals surface area contributed by atoms with Crippen molar-refractivity contribution in [3.63, 3.8) is 0 Å². The van der Waals surface area contributed by atoms with E-state index in [1.807, 2.05) is 0 Å². The highest BCUT2D eigenvalue weighted by molar-refractivity contribution is 8.00. The number of primary sulfonamides is 1. The first kappa shape index (κ1) is 23.4. The fourth-order valence-corrected chi connectivity index (χ4v) is 3.67. The Hall–Kier alpha value is -2.89. The summed E-state index contributed by atoms with van der Waals surface area (Å²) in [7, 11) is -3.79. The third-order valence-corrected chi connectivity index (χ3v) is 5.88. The van der Waals surface area contributed by atoms with Gasteiger partial charge in [0.05, 0.1) is 16.6 Å². The lowest BCUT2D eigenvalue weighted by Crippen LogP contribution is -2.22. The number of nitrogens with one attached hydrogen (secondary N) is 2. The molecule has 2 aromatic carbocycles. The van der Waals surface area contributed by atoms with E-state index in [2.05, 4.69) is 10.6 Å². The van der Waals surface area contributed by atoms with Crippen LogP contribution in [-0.2, 0) is 24.4 Å². The SMILES string of the molecule is C[C@@H](Sc1ccc(NC(=O)CCC(=O)O)cc1)C(=O)Nc1ccc(S(N)(=O)=O)cc1. The highest BCUT2D eigenvalue weighted by atomic mass is 32.2. The molecule has 0 saturated carbocycles. The van der Waals surface area contributed by atoms with E-state index in [-0.39, 0.29) is 29.6 Å². The molecule has 5 N–H and O–H groups in total. The van der Waals surface area contributed by atoms with Gasteiger partial charge in [-0.1, -0.05) is 0 Å². The molecule has 0 radical (unpaired) electrons. The molecule has 0 fully saturated rings. The number of carbonyl (C=O) groups is 3. The lowest BCUT2D eigenvalue weighted by molar-refractivity contribution is -0.138. The fraction of sp³-hybridized carbons (Fsp3) is 0.211. The third-order valence-electron chi connectivity index (χ3n) is 3.84. The number of benzene rings is 2. The number of carboxylic acid groups (broad SMARTS) is 1. The molecule has 160 valence electrons. The van der Waals surface area contributed by atoms with Gasteiger partial charge in [-0.2, -0.15) is 0 Å². The predicted molar refractivity (Wildman–Crippen MR) is 114 cm³/mol. The molecule has 0 unspecified atom stereocenters. The lowest BCUT2D eigenvalue weighted by atomic mass is 10.2. The predicted octanol–water partition coefficient (Wildman–Crippen LogP) is 2.26. The van der Waals surface area contributed by atoms with Crippen LogP contribution in [0.1, 0.15) is 19.8 Å². The van der Waals surface area contributed by atoms with E-state index >= 15 is 0 Å². The van der Waals surface area contributed by atoms with Crippen LogP contribution in [0.15, 0.2) is 58.3 Å². The fourth-order valence-electron chi connectivity index (χ4n) is 2.29. The quantitative estimate of drug-likeness (QED) is 0.426. The maximum Gasteiger partial charge on any atom is 0.303 e. The van der Waals surface area contributed by atoms with E-state index in [4.69, 9.17) is 10.2 Å². The summed E-state index contributed by atoms with van der Waals surface area (Å²) in [5.41, 5.74) is 0.973. The van der Waals surface area contributed by atoms with E-state index in [9.17, 15) is 22.8 Å². The zero-order valence-electron chi connectivity index (χ0n) is 16.0. The van der Waals surface area contributed by atoms with Gasteiger partial charge < -0.3 is 15.7 Å². The lowest BCUT2D eigenvalue weighted by Gasteiger charge is -2.13. The third kappa shape index (κ3) is 7.50. The van der Waals surface area contributed by atoms with Gasteiger partial charge in [0.25, 0.3) is 0 Å². The maximum absolute atomic E-state index is 12.4. The largest absolute Gasteiger partial charge is 0.481 e. The molecule has 0 bridgehead atoms. The summed E-state index contributed by atoms with van der Waals surface area (Å²) in [4.78, 5) is 35.2. The highest BCUT2D eigenvalue weighted by Gasteiger charge is 2.15. The number of sulfonamides is 1. The van der Waals surface area contributed by atoms with Crippen molar-refractivity contribution in [1.82, 2.24) is 0 Å². The van der Waals surface area contributed by atoms with Crippen LogP contribution >= 0.6 is 11.8 Å². The molecule has 0 aliphatic heterocycles. The molecule has 2 amide bonds. The zero-order valence-corrected chi connectivity index (χ0v) is 17.6. The second kappa shape index (κ2) is 10.2. The van der Waals surface area contributed by atoms with Crippen LogP contribution in [0.25, 0.3) is 0 Å². The van der Waals surface area contributed by atoms with Gasteiger partial charge in [-0.3, -0.25) is 14.4 Å². The number of rotatable bonds is 9. The number of hydrogen-bond donors (Lipinski definition) is 4. The van der Waals surface area contributed by atoms with E-state index in [0.717, 1.165) is 4.90 Å². The van der Waals surface area contributed by atoms with Gasteiger partial charge in [0.15, 0.2) is 0 Å². The van der Waals surface area contributed by atoms with Crippen molar-refractivity contribution in [2.45, 2.75) is 34.8 Å². The number of carboxylic acids is 1. The molecule has 2 aromatic rings. The van der Waals surface area contributed by atoms with Crippen LogP contribution in [0.3, 0.4) is 0 Å². The van der Waals surface area contributed by atoms with E-state index in [1.165, 1.54) is 36.0 Å². The topological polar surface area (TPSA) is 156 Å². The summed E-state index contributed by atoms with van der Waals surface area (Å²) in [6, 6.07) is 12.3. The number of thioether (sulfide) groups is 1. The van der Waals surface area contributed by atoms with Crippen LogP contribution in [0.4, 0.5) is 11.4 Å². The van der Waals surface area contributed by atoms with Gasteiger partial charge in [0.2, 0.25) is 21.8 Å². The van der Waals surface area contributed by atoms with Gasteiger partial charge in [-0.15, -0.1) is 11.8 Å². The van der Waals surface area contributed by atoms with Crippen molar-refractivity contribution >= 4 is 50.9 Å². The molecular formula is C19H21N3O6S2. The van der Waals surface area contributed by atoms with Crippen molar-refractivity contribution < 1.29 is 27.9 Å². The molecule has 0 aromatic heterocycles. The summed E-state index contributed by atoms with van der Waals surface area (Å²) in [6.45, 7) is 1.72. The van der Waals surface area contributed by atoms with Crippen LogP contribution < -0.4 is 15.8 Å². The standard InChI is InChI=1S/C19H21N3O6S2/c1-12(19(26)22-14-4-8-16(9-5-14)30(20,27)28)29-15-6-2-13(3-7-15)21-17(23)10-11-18(24)25/h2-9,12H,10-11H2,1H3,(H,21,23)(H,22,26)(H,24,25)(H2,20,27,28)/t12-/m1/s1. The molecule has 1 atom stereocenters. The number of anilines is 2. The summed E-state index contributed by atoms with van der Waals surface area (Å²) in [6.07, 6.45) is -0.349. The van der Waals surface area contributed by atoms with Crippen molar-refractivity contribution in [3.05, 3.63) is 48.5 Å². The van der Waals surface area contributed by atoms with Crippen LogP contribution in [0.5, 0.6) is 0 Å². The van der Waals surface area contributed by atoms with Crippen molar-refractivity contribution in [1.29, 1.82) is 0 Å². The molecular weight excluding hydrogens is 430 g/mol. The van der Waals surface area contributed by atoms with Gasteiger partial charge in [0, 0.05) is 22.7 Å². The monoisotopic (exact) mass is 451 g/mol. The second-order valence-corrected chi connectivity index (χ2v) is 9.26. The minimum absolute atomic E-state index is 0.0435. The summed E-state index contributed by atoms with van der Waals surface area (Å²) >= 11 is 1.30. The second-order valence-electron chi connectivity index (χ2n) is 6.29. The van der Waals surface area contributed by atoms with Gasteiger partial charge in [0.1, 0.15) is 0 Å². The molecule has 0 aliphatic carbocycles. The van der Waals surface area contributed by atoms with Crippen LogP contribution in [0.2, 0.25) is 0 Å². The molecule has 0 saturated heterocycles. The minimum atomic E-state index is -3.79. The molecule has 11 heteroatoms. The molecule has 0 aliphatic rings. The van der Waals surface area contributed by atoms with Crippen LogP contribution in [0, 0.1) is 0 Å². The molecule has 2 rings (SSSR count). The number of nitrogens with two attached hydrogens (primary N) is 1. The number of aliphatic carboxylic acids is 1. The van der Waals surface area contributed by atoms with Crippen molar-refractivity contribution in [2.75, 3.05) is 10.6 Å². The zero-order chi connectivity index (χ0) is 22.3. The van der Waals surface area contributed by atoms with Crippen molar-refractivity contribution in [3.8, 4) is 0 Å². The Bertz CT molecular complexity index is 1020. The highest BCUT2D eigenvalue weighted by Crippen LogP contribution is 2.26. The Morgan fingerprint density at radius 3 is 2.03 bits per heavy atom. The molecule has 0 spiro atoms. The Morgan fingerprint density at radius 2 is 1.50 bits per heavy atom. The maximum atomic E-state index is 12.4.